The second-order valence-electron chi connectivity index (χ2n) is 10.3. The Balaban J connectivity index is 1.34. The lowest BCUT2D eigenvalue weighted by molar-refractivity contribution is 0.0825. The Labute approximate surface area is 220 Å². The average molecular weight is 512 g/mol. The van der Waals surface area contributed by atoms with E-state index in [0.29, 0.717) is 17.3 Å². The molecule has 3 aromatic carbocycles. The molecule has 5 aromatic rings. The van der Waals surface area contributed by atoms with E-state index in [0.717, 1.165) is 64.7 Å². The quantitative estimate of drug-likeness (QED) is 0.313. The predicted molar refractivity (Wildman–Crippen MR) is 145 cm³/mol. The highest BCUT2D eigenvalue weighted by Gasteiger charge is 2.28. The van der Waals surface area contributed by atoms with Crippen LogP contribution in [0, 0.1) is 12.7 Å². The summed E-state index contributed by atoms with van der Waals surface area (Å²) in [6.45, 7) is 2.78. The molecule has 0 radical (unpaired) electrons. The number of aliphatic hydroxyl groups is 1. The van der Waals surface area contributed by atoms with Crippen molar-refractivity contribution >= 4 is 11.1 Å². The van der Waals surface area contributed by atoms with Gasteiger partial charge in [-0.3, -0.25) is 4.90 Å². The molecule has 7 nitrogen and oxygen atoms in total. The first-order chi connectivity index (χ1) is 18.4. The molecule has 0 unspecified atom stereocenters. The van der Waals surface area contributed by atoms with E-state index in [1.807, 2.05) is 38.2 Å². The lowest BCUT2D eigenvalue weighted by Crippen LogP contribution is -2.36. The Morgan fingerprint density at radius 1 is 1.08 bits per heavy atom. The molecule has 38 heavy (non-hydrogen) atoms. The van der Waals surface area contributed by atoms with Crippen LogP contribution in [0.25, 0.3) is 45.1 Å². The SMILES string of the molecule is Cc1cc(CN(C)[C@@H]2CCC[C@@H]2O)cc2nc(-c3cccc(-c4ccc(F)cc4-c4nncn4C)c3)oc12. The maximum atomic E-state index is 14.2. The minimum absolute atomic E-state index is 0.194. The summed E-state index contributed by atoms with van der Waals surface area (Å²) in [6.07, 6.45) is 4.30. The Kier molecular flexibility index (Phi) is 6.29. The van der Waals surface area contributed by atoms with Gasteiger partial charge in [0.15, 0.2) is 11.4 Å². The van der Waals surface area contributed by atoms with Gasteiger partial charge in [0.2, 0.25) is 5.89 Å². The second kappa shape index (κ2) is 9.78. The Morgan fingerprint density at radius 3 is 2.68 bits per heavy atom. The summed E-state index contributed by atoms with van der Waals surface area (Å²) >= 11 is 0. The van der Waals surface area contributed by atoms with Gasteiger partial charge in [0.25, 0.3) is 0 Å². The third kappa shape index (κ3) is 4.50. The van der Waals surface area contributed by atoms with Crippen molar-refractivity contribution in [2.45, 2.75) is 44.9 Å². The van der Waals surface area contributed by atoms with Gasteiger partial charge in [-0.05, 0) is 85.8 Å². The number of halogens is 1. The van der Waals surface area contributed by atoms with E-state index in [4.69, 9.17) is 9.40 Å². The summed E-state index contributed by atoms with van der Waals surface area (Å²) in [5.74, 6) is 0.787. The molecule has 0 bridgehead atoms. The van der Waals surface area contributed by atoms with Crippen LogP contribution in [-0.4, -0.2) is 48.9 Å². The van der Waals surface area contributed by atoms with Crippen LogP contribution in [-0.2, 0) is 13.6 Å². The number of benzene rings is 3. The Morgan fingerprint density at radius 2 is 1.92 bits per heavy atom. The number of hydrogen-bond donors (Lipinski definition) is 1. The number of rotatable bonds is 6. The van der Waals surface area contributed by atoms with Crippen molar-refractivity contribution < 1.29 is 13.9 Å². The highest BCUT2D eigenvalue weighted by Crippen LogP contribution is 2.35. The van der Waals surface area contributed by atoms with E-state index in [1.54, 1.807) is 17.0 Å². The topological polar surface area (TPSA) is 80.2 Å². The molecule has 1 aliphatic carbocycles. The summed E-state index contributed by atoms with van der Waals surface area (Å²) in [5, 5.41) is 18.4. The van der Waals surface area contributed by atoms with E-state index < -0.39 is 0 Å². The monoisotopic (exact) mass is 511 g/mol. The fourth-order valence-corrected chi connectivity index (χ4v) is 5.63. The molecular weight excluding hydrogens is 481 g/mol. The van der Waals surface area contributed by atoms with Crippen LogP contribution in [0.1, 0.15) is 30.4 Å². The fourth-order valence-electron chi connectivity index (χ4n) is 5.63. The first-order valence-corrected chi connectivity index (χ1v) is 12.9. The lowest BCUT2D eigenvalue weighted by Gasteiger charge is -2.27. The molecule has 2 aromatic heterocycles. The third-order valence-corrected chi connectivity index (χ3v) is 7.53. The van der Waals surface area contributed by atoms with Crippen molar-refractivity contribution in [3.05, 3.63) is 77.9 Å². The van der Waals surface area contributed by atoms with Crippen molar-refractivity contribution in [3.63, 3.8) is 0 Å². The molecule has 1 fully saturated rings. The van der Waals surface area contributed by atoms with Crippen LogP contribution >= 0.6 is 0 Å². The van der Waals surface area contributed by atoms with Gasteiger partial charge in [-0.2, -0.15) is 0 Å². The number of oxazole rings is 1. The molecule has 0 amide bonds. The normalized spacial score (nSPS) is 17.6. The highest BCUT2D eigenvalue weighted by atomic mass is 19.1. The van der Waals surface area contributed by atoms with E-state index in [-0.39, 0.29) is 18.0 Å². The van der Waals surface area contributed by atoms with Crippen molar-refractivity contribution in [1.82, 2.24) is 24.6 Å². The molecule has 2 heterocycles. The van der Waals surface area contributed by atoms with Crippen LogP contribution in [0.4, 0.5) is 4.39 Å². The van der Waals surface area contributed by atoms with Crippen molar-refractivity contribution in [3.8, 4) is 34.0 Å². The zero-order chi connectivity index (χ0) is 26.4. The summed E-state index contributed by atoms with van der Waals surface area (Å²) in [7, 11) is 3.91. The molecule has 0 spiro atoms. The Hall–Kier alpha value is -3.88. The van der Waals surface area contributed by atoms with E-state index in [1.165, 1.54) is 12.1 Å². The van der Waals surface area contributed by atoms with Crippen LogP contribution in [0.5, 0.6) is 0 Å². The minimum Gasteiger partial charge on any atom is -0.436 e. The smallest absolute Gasteiger partial charge is 0.227 e. The standard InChI is InChI=1S/C30H30FN5O2/c1-18-12-19(16-35(2)26-8-5-9-27(26)37)13-25-28(18)38-30(33-25)21-7-4-6-20(14-21)23-11-10-22(31)15-24(23)29-34-32-17-36(29)3/h4,6-7,10-15,17,26-27,37H,5,8-9,16H2,1-3H3/t26-,27+/m1/s1. The number of aryl methyl sites for hydroxylation is 2. The number of likely N-dealkylation sites (N-methyl/N-ethyl adjacent to an activating group) is 1. The fraction of sp³-hybridized carbons (Fsp3) is 0.300. The van der Waals surface area contributed by atoms with E-state index in [2.05, 4.69) is 34.3 Å². The summed E-state index contributed by atoms with van der Waals surface area (Å²) in [4.78, 5) is 7.07. The lowest BCUT2D eigenvalue weighted by atomic mass is 9.97. The molecule has 1 saturated carbocycles. The van der Waals surface area contributed by atoms with Crippen LogP contribution in [0.15, 0.2) is 65.3 Å². The largest absolute Gasteiger partial charge is 0.436 e. The van der Waals surface area contributed by atoms with E-state index in [9.17, 15) is 9.50 Å². The average Bonchev–Trinajstić information content (AvgIpc) is 3.64. The summed E-state index contributed by atoms with van der Waals surface area (Å²) in [6, 6.07) is 17.0. The van der Waals surface area contributed by atoms with Crippen LogP contribution < -0.4 is 0 Å². The highest BCUT2D eigenvalue weighted by molar-refractivity contribution is 5.84. The molecule has 2 atom stereocenters. The van der Waals surface area contributed by atoms with Crippen LogP contribution in [0.2, 0.25) is 0 Å². The molecule has 194 valence electrons. The zero-order valence-corrected chi connectivity index (χ0v) is 21.7. The molecular formula is C30H30FN5O2. The predicted octanol–water partition coefficient (Wildman–Crippen LogP) is 5.75. The van der Waals surface area contributed by atoms with Crippen molar-refractivity contribution in [1.29, 1.82) is 0 Å². The molecule has 1 aliphatic rings. The minimum atomic E-state index is -0.332. The van der Waals surface area contributed by atoms with Gasteiger partial charge >= 0.3 is 0 Å². The molecule has 1 N–H and O–H groups in total. The van der Waals surface area contributed by atoms with Gasteiger partial charge in [0.05, 0.1) is 6.10 Å². The first-order valence-electron chi connectivity index (χ1n) is 12.9. The van der Waals surface area contributed by atoms with Gasteiger partial charge in [-0.15, -0.1) is 10.2 Å². The zero-order valence-electron chi connectivity index (χ0n) is 21.7. The third-order valence-electron chi connectivity index (χ3n) is 7.53. The molecule has 6 rings (SSSR count). The summed E-state index contributed by atoms with van der Waals surface area (Å²) in [5.41, 5.74) is 6.98. The summed E-state index contributed by atoms with van der Waals surface area (Å²) < 4.78 is 22.2. The number of hydrogen-bond acceptors (Lipinski definition) is 6. The number of aliphatic hydroxyl groups excluding tert-OH is 1. The first kappa shape index (κ1) is 24.5. The van der Waals surface area contributed by atoms with Gasteiger partial charge in [-0.1, -0.05) is 24.3 Å². The van der Waals surface area contributed by atoms with E-state index >= 15 is 0 Å². The number of aromatic nitrogens is 4. The second-order valence-corrected chi connectivity index (χ2v) is 10.3. The number of nitrogens with zero attached hydrogens (tertiary/aromatic N) is 5. The maximum absolute atomic E-state index is 14.2. The van der Waals surface area contributed by atoms with Gasteiger partial charge in [-0.25, -0.2) is 9.37 Å². The maximum Gasteiger partial charge on any atom is 0.227 e. The van der Waals surface area contributed by atoms with Gasteiger partial charge in [0.1, 0.15) is 17.7 Å². The molecule has 0 saturated heterocycles. The van der Waals surface area contributed by atoms with Gasteiger partial charge < -0.3 is 14.1 Å². The molecule has 8 heteroatoms. The van der Waals surface area contributed by atoms with Gasteiger partial charge in [0, 0.05) is 30.8 Å². The van der Waals surface area contributed by atoms with Crippen molar-refractivity contribution in [2.24, 2.45) is 7.05 Å². The Bertz CT molecular complexity index is 1620. The van der Waals surface area contributed by atoms with Crippen molar-refractivity contribution in [2.75, 3.05) is 7.05 Å². The van der Waals surface area contributed by atoms with Crippen LogP contribution in [0.3, 0.4) is 0 Å². The molecule has 0 aliphatic heterocycles. The number of fused-ring (bicyclic) bond motifs is 1.